The maximum Gasteiger partial charge on any atom is 0.319 e. The van der Waals surface area contributed by atoms with Crippen molar-refractivity contribution < 1.29 is 9.53 Å². The first-order valence-corrected chi connectivity index (χ1v) is 13.5. The second-order valence-electron chi connectivity index (χ2n) is 11.0. The zero-order valence-corrected chi connectivity index (χ0v) is 22.6. The molecule has 0 aliphatic carbocycles. The number of likely N-dealkylation sites (N-methyl/N-ethyl adjacent to an activating group) is 1. The van der Waals surface area contributed by atoms with Crippen molar-refractivity contribution in [2.24, 2.45) is 5.41 Å². The van der Waals surface area contributed by atoms with Crippen LogP contribution in [0.2, 0.25) is 0 Å². The van der Waals surface area contributed by atoms with Gasteiger partial charge in [0.1, 0.15) is 18.2 Å². The molecule has 1 atom stereocenters. The lowest BCUT2D eigenvalue weighted by Gasteiger charge is -2.47. The molecule has 0 bridgehead atoms. The number of anilines is 1. The monoisotopic (exact) mass is 524 g/mol. The van der Waals surface area contributed by atoms with Crippen molar-refractivity contribution in [2.75, 3.05) is 51.3 Å². The van der Waals surface area contributed by atoms with Gasteiger partial charge in [-0.3, -0.25) is 9.89 Å². The molecule has 0 radical (unpaired) electrons. The lowest BCUT2D eigenvalue weighted by Crippen LogP contribution is -2.59. The Morgan fingerprint density at radius 2 is 2.10 bits per heavy atom. The number of aromatic amines is 1. The van der Waals surface area contributed by atoms with Crippen LogP contribution in [0.3, 0.4) is 0 Å². The zero-order valence-electron chi connectivity index (χ0n) is 22.6. The van der Waals surface area contributed by atoms with Crippen molar-refractivity contribution >= 4 is 22.6 Å². The quantitative estimate of drug-likeness (QED) is 0.507. The lowest BCUT2D eigenvalue weighted by atomic mass is 9.79. The molecule has 3 aromatic rings. The lowest BCUT2D eigenvalue weighted by molar-refractivity contribution is -0.135. The molecule has 1 amide bonds. The summed E-state index contributed by atoms with van der Waals surface area (Å²) in [5.74, 6) is 5.80. The predicted molar refractivity (Wildman–Crippen MR) is 147 cm³/mol. The fourth-order valence-electron chi connectivity index (χ4n) is 6.27. The molecule has 2 aromatic heterocycles. The Balaban J connectivity index is 1.38. The van der Waals surface area contributed by atoms with Gasteiger partial charge in [0.25, 0.3) is 5.91 Å². The molecule has 10 nitrogen and oxygen atoms in total. The summed E-state index contributed by atoms with van der Waals surface area (Å²) in [7, 11) is 2.11. The van der Waals surface area contributed by atoms with Crippen molar-refractivity contribution in [3.63, 3.8) is 0 Å². The molecule has 3 saturated heterocycles. The number of nitrogens with zero attached hydrogens (tertiary/aromatic N) is 7. The highest BCUT2D eigenvalue weighted by atomic mass is 16.5. The number of likely N-dealkylation sites (tertiary alicyclic amines) is 2. The highest BCUT2D eigenvalue weighted by Crippen LogP contribution is 2.43. The molecule has 3 aliphatic heterocycles. The molecule has 1 N–H and O–H groups in total. The molecule has 3 aliphatic rings. The minimum absolute atomic E-state index is 0.0169. The number of nitriles is 1. The largest absolute Gasteiger partial charge is 0.462 e. The number of carbonyl (C=O) groups is 1. The normalized spacial score (nSPS) is 20.1. The Kier molecular flexibility index (Phi) is 6.36. The van der Waals surface area contributed by atoms with Gasteiger partial charge in [-0.05, 0) is 64.3 Å². The minimum Gasteiger partial charge on any atom is -0.462 e. The van der Waals surface area contributed by atoms with Crippen LogP contribution in [0.5, 0.6) is 6.01 Å². The van der Waals surface area contributed by atoms with E-state index in [1.165, 1.54) is 0 Å². The number of hydrogen-bond acceptors (Lipinski definition) is 8. The molecule has 3 fully saturated rings. The molecule has 1 unspecified atom stereocenters. The molecule has 39 heavy (non-hydrogen) atoms. The summed E-state index contributed by atoms with van der Waals surface area (Å²) < 4.78 is 6.23. The van der Waals surface area contributed by atoms with Crippen molar-refractivity contribution in [1.29, 1.82) is 5.26 Å². The van der Waals surface area contributed by atoms with Crippen LogP contribution in [-0.2, 0) is 4.79 Å². The van der Waals surface area contributed by atoms with Crippen LogP contribution in [0.4, 0.5) is 5.82 Å². The number of amides is 1. The first kappa shape index (κ1) is 25.1. The van der Waals surface area contributed by atoms with E-state index in [0.717, 1.165) is 54.4 Å². The van der Waals surface area contributed by atoms with E-state index in [0.29, 0.717) is 49.4 Å². The molecule has 5 heterocycles. The number of benzene rings is 1. The summed E-state index contributed by atoms with van der Waals surface area (Å²) in [5, 5.41) is 18.6. The highest BCUT2D eigenvalue weighted by molar-refractivity contribution is 5.97. The third-order valence-corrected chi connectivity index (χ3v) is 8.44. The van der Waals surface area contributed by atoms with Gasteiger partial charge < -0.3 is 19.4 Å². The van der Waals surface area contributed by atoms with Gasteiger partial charge in [-0.15, -0.1) is 0 Å². The maximum absolute atomic E-state index is 12.2. The standard InChI is InChI=1S/C29H32N8O2/c1-4-6-24(38)37-17-29(18-37)10-12-36(16-29)27-21(13-30)26(25-19(2)8-9-23-22(25)14-31-34-23)32-28(33-27)39-15-20-7-5-11-35(20)3/h8-9,14,20H,5,7,10-12,15-18H2,1-3H3,(H,31,34). The van der Waals surface area contributed by atoms with Crippen molar-refractivity contribution in [2.45, 2.75) is 39.2 Å². The number of fused-ring (bicyclic) bond motifs is 1. The zero-order chi connectivity index (χ0) is 27.1. The van der Waals surface area contributed by atoms with Crippen molar-refractivity contribution in [3.05, 3.63) is 29.5 Å². The fourth-order valence-corrected chi connectivity index (χ4v) is 6.27. The van der Waals surface area contributed by atoms with E-state index in [4.69, 9.17) is 14.7 Å². The fraction of sp³-hybridized carbons (Fsp3) is 0.483. The van der Waals surface area contributed by atoms with E-state index in [9.17, 15) is 10.1 Å². The molecule has 200 valence electrons. The smallest absolute Gasteiger partial charge is 0.319 e. The molecule has 0 saturated carbocycles. The van der Waals surface area contributed by atoms with Crippen LogP contribution >= 0.6 is 0 Å². The number of aryl methyl sites for hydroxylation is 1. The topological polar surface area (TPSA) is 114 Å². The van der Waals surface area contributed by atoms with Gasteiger partial charge in [-0.25, -0.2) is 0 Å². The summed E-state index contributed by atoms with van der Waals surface area (Å²) in [5.41, 5.74) is 3.71. The number of carbonyl (C=O) groups excluding carboxylic acids is 1. The van der Waals surface area contributed by atoms with Crippen molar-refractivity contribution in [3.8, 4) is 35.2 Å². The Hall–Kier alpha value is -4.15. The van der Waals surface area contributed by atoms with Crippen molar-refractivity contribution in [1.82, 2.24) is 30.0 Å². The van der Waals surface area contributed by atoms with Crippen LogP contribution in [0.25, 0.3) is 22.2 Å². The SMILES string of the molecule is CC#CC(=O)N1CC2(CCN(c3nc(OCC4CCCN4C)nc(-c4c(C)ccc5[nH]ncc45)c3C#N)C2)C1. The third-order valence-electron chi connectivity index (χ3n) is 8.44. The van der Waals surface area contributed by atoms with Gasteiger partial charge >= 0.3 is 6.01 Å². The summed E-state index contributed by atoms with van der Waals surface area (Å²) in [6.07, 6.45) is 4.92. The van der Waals surface area contributed by atoms with E-state index in [1.54, 1.807) is 18.0 Å². The average Bonchev–Trinajstić information content (AvgIpc) is 3.66. The Morgan fingerprint density at radius 3 is 2.85 bits per heavy atom. The number of nitrogens with one attached hydrogen (secondary N) is 1. The number of H-pyrrole nitrogens is 1. The molecular weight excluding hydrogens is 492 g/mol. The van der Waals surface area contributed by atoms with Crippen LogP contribution in [-0.4, -0.2) is 88.3 Å². The third kappa shape index (κ3) is 4.45. The molecule has 6 rings (SSSR count). The van der Waals surface area contributed by atoms with Gasteiger partial charge in [-0.1, -0.05) is 12.0 Å². The molecule has 1 spiro atoms. The highest BCUT2D eigenvalue weighted by Gasteiger charge is 2.50. The van der Waals surface area contributed by atoms with Gasteiger partial charge in [0.05, 0.1) is 17.4 Å². The number of hydrogen-bond donors (Lipinski definition) is 1. The second-order valence-corrected chi connectivity index (χ2v) is 11.0. The van der Waals surface area contributed by atoms with Gasteiger partial charge in [-0.2, -0.15) is 20.3 Å². The van der Waals surface area contributed by atoms with Crippen LogP contribution in [0.15, 0.2) is 18.3 Å². The average molecular weight is 525 g/mol. The minimum atomic E-state index is -0.125. The summed E-state index contributed by atoms with van der Waals surface area (Å²) >= 11 is 0. The maximum atomic E-state index is 12.2. The van der Waals surface area contributed by atoms with E-state index in [-0.39, 0.29) is 17.3 Å². The number of aromatic nitrogens is 4. The van der Waals surface area contributed by atoms with Crippen LogP contribution in [0.1, 0.15) is 37.3 Å². The van der Waals surface area contributed by atoms with Gasteiger partial charge in [0.15, 0.2) is 5.82 Å². The molecule has 1 aromatic carbocycles. The summed E-state index contributed by atoms with van der Waals surface area (Å²) in [6.45, 7) is 8.03. The second kappa shape index (κ2) is 9.87. The first-order chi connectivity index (χ1) is 18.9. The van der Waals surface area contributed by atoms with E-state index in [1.807, 2.05) is 19.1 Å². The predicted octanol–water partition coefficient (Wildman–Crippen LogP) is 2.74. The number of rotatable bonds is 5. The number of ether oxygens (including phenoxy) is 1. The van der Waals surface area contributed by atoms with Gasteiger partial charge in [0, 0.05) is 48.6 Å². The van der Waals surface area contributed by atoms with Crippen LogP contribution < -0.4 is 9.64 Å². The Bertz CT molecular complexity index is 1540. The first-order valence-electron chi connectivity index (χ1n) is 13.5. The summed E-state index contributed by atoms with van der Waals surface area (Å²) in [6, 6.07) is 7.01. The Labute approximate surface area is 228 Å². The van der Waals surface area contributed by atoms with Crippen LogP contribution in [0, 0.1) is 35.5 Å². The molecule has 10 heteroatoms. The van der Waals surface area contributed by atoms with E-state index < -0.39 is 0 Å². The summed E-state index contributed by atoms with van der Waals surface area (Å²) in [4.78, 5) is 28.2. The Morgan fingerprint density at radius 1 is 1.26 bits per heavy atom. The van der Waals surface area contributed by atoms with Gasteiger partial charge in [0.2, 0.25) is 0 Å². The van der Waals surface area contributed by atoms with E-state index >= 15 is 0 Å². The van der Waals surface area contributed by atoms with E-state index in [2.05, 4.69) is 45.0 Å². The molecular formula is C29H32N8O2.